The molecule has 0 bridgehead atoms. The van der Waals surface area contributed by atoms with Gasteiger partial charge in [-0.05, 0) is 17.9 Å². The minimum absolute atomic E-state index is 0. The van der Waals surface area contributed by atoms with Crippen LogP contribution in [0.3, 0.4) is 0 Å². The van der Waals surface area contributed by atoms with Gasteiger partial charge in [-0.1, -0.05) is 44.2 Å². The van der Waals surface area contributed by atoms with Gasteiger partial charge in [-0.3, -0.25) is 4.79 Å². The van der Waals surface area contributed by atoms with Gasteiger partial charge in [0, 0.05) is 12.6 Å². The number of hydrogen-bond donors (Lipinski definition) is 2. The lowest BCUT2D eigenvalue weighted by Gasteiger charge is -2.18. The van der Waals surface area contributed by atoms with Crippen LogP contribution in [0.1, 0.15) is 25.8 Å². The van der Waals surface area contributed by atoms with Crippen LogP contribution in [0.4, 0.5) is 0 Å². The number of hydrogen-bond acceptors (Lipinski definition) is 3. The molecule has 3 N–H and O–H groups in total. The second-order valence-electron chi connectivity index (χ2n) is 5.11. The lowest BCUT2D eigenvalue weighted by molar-refractivity contribution is -0.126. The van der Waals surface area contributed by atoms with E-state index < -0.39 is 0 Å². The fraction of sp³-hybridized carbons (Fsp3) is 0.533. The summed E-state index contributed by atoms with van der Waals surface area (Å²) >= 11 is 0. The van der Waals surface area contributed by atoms with Crippen molar-refractivity contribution in [1.29, 1.82) is 0 Å². The van der Waals surface area contributed by atoms with Crippen molar-refractivity contribution in [2.24, 2.45) is 11.7 Å². The predicted molar refractivity (Wildman–Crippen MR) is 83.8 cm³/mol. The molecule has 1 atom stereocenters. The molecular formula is C15H25ClN2O2. The summed E-state index contributed by atoms with van der Waals surface area (Å²) in [5.41, 5.74) is 6.70. The highest BCUT2D eigenvalue weighted by molar-refractivity contribution is 5.85. The van der Waals surface area contributed by atoms with Crippen LogP contribution in [0.15, 0.2) is 30.3 Å². The van der Waals surface area contributed by atoms with Gasteiger partial charge in [0.15, 0.2) is 0 Å². The van der Waals surface area contributed by atoms with Gasteiger partial charge in [-0.2, -0.15) is 0 Å². The van der Waals surface area contributed by atoms with E-state index in [-0.39, 0.29) is 31.0 Å². The zero-order chi connectivity index (χ0) is 14.1. The highest BCUT2D eigenvalue weighted by atomic mass is 35.5. The molecule has 0 heterocycles. The van der Waals surface area contributed by atoms with E-state index >= 15 is 0 Å². The Morgan fingerprint density at radius 3 is 2.50 bits per heavy atom. The molecule has 5 heteroatoms. The zero-order valence-electron chi connectivity index (χ0n) is 12.2. The van der Waals surface area contributed by atoms with E-state index in [2.05, 4.69) is 19.2 Å². The van der Waals surface area contributed by atoms with Crippen LogP contribution in [-0.4, -0.2) is 25.1 Å². The average Bonchev–Trinajstić information content (AvgIpc) is 2.38. The van der Waals surface area contributed by atoms with Crippen molar-refractivity contribution in [1.82, 2.24) is 5.32 Å². The van der Waals surface area contributed by atoms with Crippen LogP contribution in [-0.2, 0) is 16.1 Å². The molecule has 1 amide bonds. The van der Waals surface area contributed by atoms with Crippen molar-refractivity contribution in [2.45, 2.75) is 32.9 Å². The lowest BCUT2D eigenvalue weighted by atomic mass is 10.0. The zero-order valence-corrected chi connectivity index (χ0v) is 13.0. The van der Waals surface area contributed by atoms with Gasteiger partial charge >= 0.3 is 0 Å². The molecule has 0 aliphatic heterocycles. The van der Waals surface area contributed by atoms with Gasteiger partial charge in [0.2, 0.25) is 5.91 Å². The Bertz CT molecular complexity index is 371. The maximum absolute atomic E-state index is 11.7. The van der Waals surface area contributed by atoms with Crippen LogP contribution in [0, 0.1) is 5.92 Å². The van der Waals surface area contributed by atoms with E-state index in [0.29, 0.717) is 19.1 Å². The number of amides is 1. The molecule has 114 valence electrons. The molecule has 1 unspecified atom stereocenters. The Balaban J connectivity index is 0.00000361. The van der Waals surface area contributed by atoms with E-state index in [1.807, 2.05) is 30.3 Å². The summed E-state index contributed by atoms with van der Waals surface area (Å²) in [6.45, 7) is 5.21. The molecule has 20 heavy (non-hydrogen) atoms. The van der Waals surface area contributed by atoms with Gasteiger partial charge in [0.25, 0.3) is 0 Å². The summed E-state index contributed by atoms with van der Waals surface area (Å²) < 4.78 is 5.38. The molecule has 4 nitrogen and oxygen atoms in total. The first-order valence-electron chi connectivity index (χ1n) is 6.73. The van der Waals surface area contributed by atoms with Gasteiger partial charge in [-0.15, -0.1) is 12.4 Å². The third-order valence-electron chi connectivity index (χ3n) is 2.75. The molecule has 0 radical (unpaired) electrons. The van der Waals surface area contributed by atoms with Crippen LogP contribution >= 0.6 is 12.4 Å². The number of carbonyl (C=O) groups is 1. The maximum Gasteiger partial charge on any atom is 0.246 e. The van der Waals surface area contributed by atoms with Crippen LogP contribution in [0.5, 0.6) is 0 Å². The molecule has 0 saturated carbocycles. The molecule has 1 aromatic carbocycles. The van der Waals surface area contributed by atoms with E-state index in [4.69, 9.17) is 10.5 Å². The van der Waals surface area contributed by atoms with Gasteiger partial charge in [-0.25, -0.2) is 0 Å². The Labute approximate surface area is 127 Å². The Morgan fingerprint density at radius 2 is 1.95 bits per heavy atom. The van der Waals surface area contributed by atoms with Gasteiger partial charge in [0.1, 0.15) is 6.61 Å². The van der Waals surface area contributed by atoms with Gasteiger partial charge in [0.05, 0.1) is 6.61 Å². The molecule has 0 saturated heterocycles. The van der Waals surface area contributed by atoms with E-state index in [1.165, 1.54) is 0 Å². The van der Waals surface area contributed by atoms with Crippen LogP contribution in [0.2, 0.25) is 0 Å². The Morgan fingerprint density at radius 1 is 1.30 bits per heavy atom. The molecule has 0 aliphatic rings. The highest BCUT2D eigenvalue weighted by Crippen LogP contribution is 2.04. The second-order valence-corrected chi connectivity index (χ2v) is 5.11. The Kier molecular flexibility index (Phi) is 10.1. The second kappa shape index (κ2) is 10.7. The molecule has 0 aliphatic carbocycles. The highest BCUT2D eigenvalue weighted by Gasteiger charge is 2.12. The summed E-state index contributed by atoms with van der Waals surface area (Å²) in [5.74, 6) is 0.408. The summed E-state index contributed by atoms with van der Waals surface area (Å²) in [6.07, 6.45) is 0.890. The van der Waals surface area contributed by atoms with Crippen molar-refractivity contribution in [3.05, 3.63) is 35.9 Å². The predicted octanol–water partition coefficient (Wildman–Crippen LogP) is 2.11. The first-order chi connectivity index (χ1) is 9.11. The lowest BCUT2D eigenvalue weighted by Crippen LogP contribution is -2.42. The van der Waals surface area contributed by atoms with Crippen molar-refractivity contribution < 1.29 is 9.53 Å². The Hall–Kier alpha value is -1.10. The number of halogens is 1. The minimum Gasteiger partial charge on any atom is -0.367 e. The number of nitrogens with two attached hydrogens (primary N) is 1. The molecule has 1 rings (SSSR count). The van der Waals surface area contributed by atoms with E-state index in [0.717, 1.165) is 12.0 Å². The summed E-state index contributed by atoms with van der Waals surface area (Å²) in [7, 11) is 0. The number of carbonyl (C=O) groups excluding carboxylic acids is 1. The molecule has 0 aromatic heterocycles. The minimum atomic E-state index is -0.105. The summed E-state index contributed by atoms with van der Waals surface area (Å²) in [4.78, 5) is 11.7. The first kappa shape index (κ1) is 18.9. The van der Waals surface area contributed by atoms with Crippen molar-refractivity contribution in [3.8, 4) is 0 Å². The van der Waals surface area contributed by atoms with Crippen LogP contribution in [0.25, 0.3) is 0 Å². The normalized spacial score (nSPS) is 11.8. The monoisotopic (exact) mass is 300 g/mol. The quantitative estimate of drug-likeness (QED) is 0.773. The smallest absolute Gasteiger partial charge is 0.246 e. The fourth-order valence-electron chi connectivity index (χ4n) is 1.89. The first-order valence-corrected chi connectivity index (χ1v) is 6.73. The van der Waals surface area contributed by atoms with Crippen molar-refractivity contribution in [3.63, 3.8) is 0 Å². The van der Waals surface area contributed by atoms with Gasteiger partial charge < -0.3 is 15.8 Å². The topological polar surface area (TPSA) is 64.3 Å². The largest absolute Gasteiger partial charge is 0.367 e. The van der Waals surface area contributed by atoms with E-state index in [1.54, 1.807) is 0 Å². The summed E-state index contributed by atoms with van der Waals surface area (Å²) in [5, 5.41) is 2.90. The van der Waals surface area contributed by atoms with Crippen LogP contribution < -0.4 is 11.1 Å². The van der Waals surface area contributed by atoms with E-state index in [9.17, 15) is 4.79 Å². The molecule has 0 spiro atoms. The number of nitrogens with one attached hydrogen (secondary N) is 1. The SMILES string of the molecule is CC(C)CC(CN)NC(=O)COCc1ccccc1.Cl. The third kappa shape index (κ3) is 8.15. The number of benzene rings is 1. The average molecular weight is 301 g/mol. The fourth-order valence-corrected chi connectivity index (χ4v) is 1.89. The number of ether oxygens (including phenoxy) is 1. The molecule has 0 fully saturated rings. The maximum atomic E-state index is 11.7. The molecular weight excluding hydrogens is 276 g/mol. The standard InChI is InChI=1S/C15H24N2O2.ClH/c1-12(2)8-14(9-16)17-15(18)11-19-10-13-6-4-3-5-7-13;/h3-7,12,14H,8-11,16H2,1-2H3,(H,17,18);1H. The summed E-state index contributed by atoms with van der Waals surface area (Å²) in [6, 6.07) is 9.83. The van der Waals surface area contributed by atoms with Crippen molar-refractivity contribution in [2.75, 3.05) is 13.2 Å². The number of rotatable bonds is 8. The molecule has 1 aromatic rings. The third-order valence-corrected chi connectivity index (χ3v) is 2.75. The van der Waals surface area contributed by atoms with Crippen molar-refractivity contribution >= 4 is 18.3 Å².